The second-order valence-electron chi connectivity index (χ2n) is 5.61. The maximum Gasteiger partial charge on any atom is 0.281 e. The second kappa shape index (κ2) is 7.36. The molecule has 1 aliphatic rings. The molecule has 0 saturated carbocycles. The van der Waals surface area contributed by atoms with Gasteiger partial charge in [-0.15, -0.1) is 0 Å². The average Bonchev–Trinajstić information content (AvgIpc) is 2.51. The fraction of sp³-hybridized carbons (Fsp3) is 0.500. The van der Waals surface area contributed by atoms with Gasteiger partial charge in [-0.3, -0.25) is 4.79 Å². The van der Waals surface area contributed by atoms with Crippen LogP contribution in [0.2, 0.25) is 10.0 Å². The highest BCUT2D eigenvalue weighted by molar-refractivity contribution is 7.86. The van der Waals surface area contributed by atoms with Crippen molar-refractivity contribution in [1.82, 2.24) is 8.61 Å². The summed E-state index contributed by atoms with van der Waals surface area (Å²) in [5.74, 6) is -0.616. The minimum Gasteiger partial charge on any atom is -0.326 e. The van der Waals surface area contributed by atoms with Gasteiger partial charge in [-0.2, -0.15) is 17.0 Å². The SMILES string of the molecule is CN(C)S(=O)(=O)N1CCC[C@H](C(=O)Nc2ccc(Cl)c(Cl)c2)C1. The zero-order chi connectivity index (χ0) is 17.2. The summed E-state index contributed by atoms with van der Waals surface area (Å²) in [6.07, 6.45) is 1.29. The number of carbonyl (C=O) groups excluding carboxylic acids is 1. The summed E-state index contributed by atoms with van der Waals surface area (Å²) in [6, 6.07) is 4.82. The van der Waals surface area contributed by atoms with E-state index in [-0.39, 0.29) is 12.5 Å². The van der Waals surface area contributed by atoms with Gasteiger partial charge in [0, 0.05) is 32.9 Å². The first-order valence-corrected chi connectivity index (χ1v) is 9.30. The van der Waals surface area contributed by atoms with E-state index in [1.54, 1.807) is 18.2 Å². The average molecular weight is 380 g/mol. The summed E-state index contributed by atoms with van der Waals surface area (Å²) < 4.78 is 26.9. The Kier molecular flexibility index (Phi) is 5.91. The lowest BCUT2D eigenvalue weighted by molar-refractivity contribution is -0.120. The normalized spacial score (nSPS) is 19.8. The van der Waals surface area contributed by atoms with Gasteiger partial charge in [0.05, 0.1) is 16.0 Å². The molecular formula is C14H19Cl2N3O3S. The Morgan fingerprint density at radius 2 is 2.00 bits per heavy atom. The van der Waals surface area contributed by atoms with Crippen LogP contribution in [0.5, 0.6) is 0 Å². The topological polar surface area (TPSA) is 69.7 Å². The van der Waals surface area contributed by atoms with E-state index in [1.807, 2.05) is 0 Å². The highest BCUT2D eigenvalue weighted by Crippen LogP contribution is 2.26. The van der Waals surface area contributed by atoms with Crippen molar-refractivity contribution in [2.24, 2.45) is 5.92 Å². The molecule has 1 N–H and O–H groups in total. The zero-order valence-electron chi connectivity index (χ0n) is 12.9. The van der Waals surface area contributed by atoms with E-state index in [0.29, 0.717) is 35.1 Å². The number of anilines is 1. The summed E-state index contributed by atoms with van der Waals surface area (Å²) in [4.78, 5) is 12.4. The Morgan fingerprint density at radius 1 is 1.30 bits per heavy atom. The third-order valence-electron chi connectivity index (χ3n) is 3.73. The van der Waals surface area contributed by atoms with Gasteiger partial charge in [-0.1, -0.05) is 23.2 Å². The van der Waals surface area contributed by atoms with Crippen LogP contribution < -0.4 is 5.32 Å². The Morgan fingerprint density at radius 3 is 2.61 bits per heavy atom. The summed E-state index contributed by atoms with van der Waals surface area (Å²) in [5, 5.41) is 3.52. The van der Waals surface area contributed by atoms with Gasteiger partial charge in [-0.05, 0) is 31.0 Å². The summed E-state index contributed by atoms with van der Waals surface area (Å²) in [5.41, 5.74) is 0.539. The van der Waals surface area contributed by atoms with Crippen molar-refractivity contribution < 1.29 is 13.2 Å². The van der Waals surface area contributed by atoms with Crippen molar-refractivity contribution >= 4 is 45.0 Å². The first kappa shape index (κ1) is 18.5. The van der Waals surface area contributed by atoms with E-state index in [0.717, 1.165) is 4.31 Å². The molecule has 1 atom stereocenters. The molecule has 1 heterocycles. The number of rotatable bonds is 4. The minimum absolute atomic E-state index is 0.174. The monoisotopic (exact) mass is 379 g/mol. The minimum atomic E-state index is -3.50. The fourth-order valence-corrected chi connectivity index (χ4v) is 3.90. The van der Waals surface area contributed by atoms with E-state index in [1.165, 1.54) is 18.4 Å². The largest absolute Gasteiger partial charge is 0.326 e. The van der Waals surface area contributed by atoms with Crippen LogP contribution >= 0.6 is 23.2 Å². The molecule has 1 fully saturated rings. The van der Waals surface area contributed by atoms with Crippen LogP contribution in [0, 0.1) is 5.92 Å². The Bertz CT molecular complexity index is 695. The van der Waals surface area contributed by atoms with Crippen molar-refractivity contribution in [2.45, 2.75) is 12.8 Å². The van der Waals surface area contributed by atoms with Crippen molar-refractivity contribution in [3.8, 4) is 0 Å². The maximum atomic E-state index is 12.4. The van der Waals surface area contributed by atoms with Gasteiger partial charge >= 0.3 is 0 Å². The first-order valence-electron chi connectivity index (χ1n) is 7.15. The first-order chi connectivity index (χ1) is 10.7. The van der Waals surface area contributed by atoms with Gasteiger partial charge in [0.1, 0.15) is 0 Å². The molecule has 0 bridgehead atoms. The molecule has 1 aromatic carbocycles. The molecule has 0 aromatic heterocycles. The number of hydrogen-bond donors (Lipinski definition) is 1. The molecule has 1 aromatic rings. The predicted molar refractivity (Wildman–Crippen MR) is 92.0 cm³/mol. The number of piperidine rings is 1. The van der Waals surface area contributed by atoms with Gasteiger partial charge in [-0.25, -0.2) is 0 Å². The van der Waals surface area contributed by atoms with Crippen LogP contribution in [0.15, 0.2) is 18.2 Å². The van der Waals surface area contributed by atoms with E-state index in [2.05, 4.69) is 5.32 Å². The Hall–Kier alpha value is -0.860. The Labute approximate surface area is 146 Å². The number of nitrogens with zero attached hydrogens (tertiary/aromatic N) is 2. The van der Waals surface area contributed by atoms with E-state index < -0.39 is 16.1 Å². The molecule has 9 heteroatoms. The smallest absolute Gasteiger partial charge is 0.281 e. The van der Waals surface area contributed by atoms with E-state index in [9.17, 15) is 13.2 Å². The van der Waals surface area contributed by atoms with Gasteiger partial charge in [0.25, 0.3) is 10.2 Å². The Balaban J connectivity index is 2.06. The van der Waals surface area contributed by atoms with Crippen LogP contribution in [0.3, 0.4) is 0 Å². The molecule has 1 amide bonds. The standard InChI is InChI=1S/C14H19Cl2N3O3S/c1-18(2)23(21,22)19-7-3-4-10(9-19)14(20)17-11-5-6-12(15)13(16)8-11/h5-6,8,10H,3-4,7,9H2,1-2H3,(H,17,20)/t10-/m0/s1. The van der Waals surface area contributed by atoms with E-state index in [4.69, 9.17) is 23.2 Å². The van der Waals surface area contributed by atoms with Crippen LogP contribution in [0.25, 0.3) is 0 Å². The fourth-order valence-electron chi connectivity index (χ4n) is 2.42. The number of nitrogens with one attached hydrogen (secondary N) is 1. The molecule has 0 aliphatic carbocycles. The summed E-state index contributed by atoms with van der Waals surface area (Å²) in [7, 11) is -0.542. The molecular weight excluding hydrogens is 361 g/mol. The van der Waals surface area contributed by atoms with Crippen LogP contribution in [-0.2, 0) is 15.0 Å². The van der Waals surface area contributed by atoms with Crippen molar-refractivity contribution in [3.63, 3.8) is 0 Å². The maximum absolute atomic E-state index is 12.4. The zero-order valence-corrected chi connectivity index (χ0v) is 15.2. The third kappa shape index (κ3) is 4.36. The number of amides is 1. The molecule has 1 aliphatic heterocycles. The third-order valence-corrected chi connectivity index (χ3v) is 6.38. The molecule has 23 heavy (non-hydrogen) atoms. The summed E-state index contributed by atoms with van der Waals surface area (Å²) >= 11 is 11.8. The molecule has 128 valence electrons. The van der Waals surface area contributed by atoms with Crippen LogP contribution in [0.1, 0.15) is 12.8 Å². The van der Waals surface area contributed by atoms with Crippen LogP contribution in [0.4, 0.5) is 5.69 Å². The summed E-state index contributed by atoms with van der Waals surface area (Å²) in [6.45, 7) is 0.602. The van der Waals surface area contributed by atoms with E-state index >= 15 is 0 Å². The molecule has 6 nitrogen and oxygen atoms in total. The molecule has 0 unspecified atom stereocenters. The molecule has 0 spiro atoms. The molecule has 0 radical (unpaired) electrons. The number of hydrogen-bond acceptors (Lipinski definition) is 3. The van der Waals surface area contributed by atoms with Crippen molar-refractivity contribution in [3.05, 3.63) is 28.2 Å². The lowest BCUT2D eigenvalue weighted by atomic mass is 9.99. The lowest BCUT2D eigenvalue weighted by Crippen LogP contribution is -2.47. The highest BCUT2D eigenvalue weighted by atomic mass is 35.5. The molecule has 2 rings (SSSR count). The second-order valence-corrected chi connectivity index (χ2v) is 8.56. The van der Waals surface area contributed by atoms with Gasteiger partial charge < -0.3 is 5.32 Å². The van der Waals surface area contributed by atoms with Gasteiger partial charge in [0.15, 0.2) is 0 Å². The number of halogens is 2. The van der Waals surface area contributed by atoms with Crippen molar-refractivity contribution in [1.29, 1.82) is 0 Å². The number of carbonyl (C=O) groups is 1. The van der Waals surface area contributed by atoms with Crippen LogP contribution in [-0.4, -0.2) is 50.1 Å². The quantitative estimate of drug-likeness (QED) is 0.873. The van der Waals surface area contributed by atoms with Crippen molar-refractivity contribution in [2.75, 3.05) is 32.5 Å². The lowest BCUT2D eigenvalue weighted by Gasteiger charge is -2.32. The molecule has 1 saturated heterocycles. The number of benzene rings is 1. The van der Waals surface area contributed by atoms with Gasteiger partial charge in [0.2, 0.25) is 5.91 Å². The highest BCUT2D eigenvalue weighted by Gasteiger charge is 2.33. The predicted octanol–water partition coefficient (Wildman–Crippen LogP) is 2.45.